The van der Waals surface area contributed by atoms with Gasteiger partial charge >= 0.3 is 0 Å². The molecule has 2 aromatic rings. The van der Waals surface area contributed by atoms with Gasteiger partial charge in [-0.25, -0.2) is 0 Å². The second-order valence-electron chi connectivity index (χ2n) is 4.35. The largest absolute Gasteiger partial charge is 0.493 e. The van der Waals surface area contributed by atoms with Gasteiger partial charge in [0.2, 0.25) is 0 Å². The van der Waals surface area contributed by atoms with E-state index >= 15 is 0 Å². The third kappa shape index (κ3) is 2.63. The molecule has 0 aliphatic carbocycles. The number of methoxy groups -OCH3 is 1. The second-order valence-corrected chi connectivity index (χ2v) is 4.35. The summed E-state index contributed by atoms with van der Waals surface area (Å²) in [5.41, 5.74) is 2.15. The van der Waals surface area contributed by atoms with Crippen LogP contribution in [0, 0.1) is 0 Å². The molecule has 0 bridgehead atoms. The van der Waals surface area contributed by atoms with Crippen molar-refractivity contribution in [2.75, 3.05) is 13.7 Å². The van der Waals surface area contributed by atoms with Gasteiger partial charge < -0.3 is 10.1 Å². The van der Waals surface area contributed by atoms with Crippen LogP contribution in [0.3, 0.4) is 0 Å². The quantitative estimate of drug-likeness (QED) is 0.854. The fourth-order valence-corrected chi connectivity index (χ4v) is 2.24. The molecule has 19 heavy (non-hydrogen) atoms. The number of aromatic nitrogens is 4. The molecule has 0 spiro atoms. The van der Waals surface area contributed by atoms with Crippen molar-refractivity contribution in [1.82, 2.24) is 24.9 Å². The van der Waals surface area contributed by atoms with Crippen LogP contribution >= 0.6 is 0 Å². The van der Waals surface area contributed by atoms with Crippen molar-refractivity contribution < 1.29 is 4.74 Å². The van der Waals surface area contributed by atoms with E-state index in [0.29, 0.717) is 0 Å². The van der Waals surface area contributed by atoms with E-state index < -0.39 is 0 Å². The van der Waals surface area contributed by atoms with Gasteiger partial charge in [0.1, 0.15) is 5.69 Å². The Morgan fingerprint density at radius 2 is 2.11 bits per heavy atom. The molecule has 0 amide bonds. The van der Waals surface area contributed by atoms with E-state index in [9.17, 15) is 0 Å². The molecule has 0 fully saturated rings. The summed E-state index contributed by atoms with van der Waals surface area (Å²) in [4.78, 5) is 0. The van der Waals surface area contributed by atoms with Crippen LogP contribution < -0.4 is 10.1 Å². The molecular weight excluding hydrogens is 242 g/mol. The van der Waals surface area contributed by atoms with Crippen molar-refractivity contribution in [2.45, 2.75) is 26.4 Å². The number of nitrogens with one attached hydrogen (secondary N) is 1. The molecule has 0 aliphatic rings. The highest BCUT2D eigenvalue weighted by molar-refractivity contribution is 5.35. The Balaban J connectivity index is 2.46. The van der Waals surface area contributed by atoms with Crippen LogP contribution in [0.2, 0.25) is 0 Å². The fourth-order valence-electron chi connectivity index (χ4n) is 2.24. The number of hydrogen-bond acceptors (Lipinski definition) is 4. The van der Waals surface area contributed by atoms with E-state index in [0.717, 1.165) is 30.1 Å². The summed E-state index contributed by atoms with van der Waals surface area (Å²) >= 11 is 0. The summed E-state index contributed by atoms with van der Waals surface area (Å²) in [6, 6.07) is 0.0381. The van der Waals surface area contributed by atoms with Crippen molar-refractivity contribution in [1.29, 1.82) is 0 Å². The summed E-state index contributed by atoms with van der Waals surface area (Å²) in [6.07, 6.45) is 5.65. The molecule has 1 atom stereocenters. The van der Waals surface area contributed by atoms with Crippen LogP contribution in [0.5, 0.6) is 5.75 Å². The van der Waals surface area contributed by atoms with Crippen molar-refractivity contribution in [3.05, 3.63) is 29.8 Å². The van der Waals surface area contributed by atoms with Crippen LogP contribution in [-0.4, -0.2) is 33.2 Å². The minimum atomic E-state index is 0.0381. The Morgan fingerprint density at radius 1 is 1.32 bits per heavy atom. The Hall–Kier alpha value is -1.82. The summed E-state index contributed by atoms with van der Waals surface area (Å²) in [6.45, 7) is 5.82. The monoisotopic (exact) mass is 263 g/mol. The third-order valence-electron chi connectivity index (χ3n) is 3.10. The normalized spacial score (nSPS) is 12.6. The summed E-state index contributed by atoms with van der Waals surface area (Å²) in [5.74, 6) is 0.802. The Labute approximate surface area is 113 Å². The van der Waals surface area contributed by atoms with E-state index in [4.69, 9.17) is 4.74 Å². The number of ether oxygens (including phenoxy) is 1. The molecule has 1 N–H and O–H groups in total. The van der Waals surface area contributed by atoms with Crippen LogP contribution in [0.15, 0.2) is 18.6 Å². The molecule has 104 valence electrons. The Kier molecular flexibility index (Phi) is 4.21. The average molecular weight is 263 g/mol. The topological polar surface area (TPSA) is 56.9 Å². The maximum Gasteiger partial charge on any atom is 0.161 e. The number of nitrogens with zero attached hydrogens (tertiary/aromatic N) is 4. The van der Waals surface area contributed by atoms with Gasteiger partial charge in [-0.1, -0.05) is 6.92 Å². The zero-order chi connectivity index (χ0) is 13.8. The lowest BCUT2D eigenvalue weighted by molar-refractivity contribution is 0.399. The molecule has 2 aromatic heterocycles. The van der Waals surface area contributed by atoms with Gasteiger partial charge in [0.25, 0.3) is 0 Å². The van der Waals surface area contributed by atoms with Crippen molar-refractivity contribution >= 4 is 0 Å². The van der Waals surface area contributed by atoms with Gasteiger partial charge in [-0.15, -0.1) is 0 Å². The molecule has 0 radical (unpaired) electrons. The van der Waals surface area contributed by atoms with Crippen LogP contribution in [0.1, 0.15) is 31.1 Å². The maximum atomic E-state index is 5.43. The molecule has 0 aromatic carbocycles. The predicted molar refractivity (Wildman–Crippen MR) is 73.2 cm³/mol. The molecule has 2 rings (SSSR count). The third-order valence-corrected chi connectivity index (χ3v) is 3.10. The van der Waals surface area contributed by atoms with E-state index in [2.05, 4.69) is 29.4 Å². The summed E-state index contributed by atoms with van der Waals surface area (Å²) < 4.78 is 9.19. The van der Waals surface area contributed by atoms with Gasteiger partial charge in [-0.05, 0) is 13.5 Å². The van der Waals surface area contributed by atoms with Gasteiger partial charge in [-0.2, -0.15) is 10.2 Å². The number of hydrogen-bond donors (Lipinski definition) is 1. The fraction of sp³-hybridized carbons (Fsp3) is 0.538. The molecule has 1 unspecified atom stereocenters. The van der Waals surface area contributed by atoms with Crippen molar-refractivity contribution in [3.63, 3.8) is 0 Å². The van der Waals surface area contributed by atoms with Crippen LogP contribution in [-0.2, 0) is 13.6 Å². The maximum absolute atomic E-state index is 5.43. The Morgan fingerprint density at radius 3 is 2.63 bits per heavy atom. The minimum Gasteiger partial charge on any atom is -0.493 e. The lowest BCUT2D eigenvalue weighted by atomic mass is 10.1. The smallest absolute Gasteiger partial charge is 0.161 e. The van der Waals surface area contributed by atoms with Crippen LogP contribution in [0.25, 0.3) is 0 Å². The van der Waals surface area contributed by atoms with Crippen molar-refractivity contribution in [2.24, 2.45) is 7.05 Å². The average Bonchev–Trinajstić information content (AvgIpc) is 3.01. The van der Waals surface area contributed by atoms with Crippen molar-refractivity contribution in [3.8, 4) is 5.75 Å². The molecule has 6 nitrogen and oxygen atoms in total. The van der Waals surface area contributed by atoms with E-state index in [1.165, 1.54) is 0 Å². The SMILES string of the molecule is CCNC(c1cnn(C)c1)c1c(OC)cnn1CC. The standard InChI is InChI=1S/C13H21N5O/c1-5-14-12(10-7-15-17(3)9-10)13-11(19-4)8-16-18(13)6-2/h7-9,12,14H,5-6H2,1-4H3. The predicted octanol–water partition coefficient (Wildman–Crippen LogP) is 1.34. The molecule has 0 aliphatic heterocycles. The van der Waals surface area contributed by atoms with E-state index in [1.807, 2.05) is 24.1 Å². The first-order valence-corrected chi connectivity index (χ1v) is 6.52. The molecular formula is C13H21N5O. The van der Waals surface area contributed by atoms with E-state index in [1.54, 1.807) is 18.0 Å². The number of rotatable bonds is 6. The summed E-state index contributed by atoms with van der Waals surface area (Å²) in [7, 11) is 3.59. The lowest BCUT2D eigenvalue weighted by Gasteiger charge is -2.19. The van der Waals surface area contributed by atoms with Gasteiger partial charge in [0.15, 0.2) is 5.75 Å². The highest BCUT2D eigenvalue weighted by Crippen LogP contribution is 2.29. The van der Waals surface area contributed by atoms with Crippen LogP contribution in [0.4, 0.5) is 0 Å². The first kappa shape index (κ1) is 13.6. The Bertz CT molecular complexity index is 509. The first-order valence-electron chi connectivity index (χ1n) is 6.52. The highest BCUT2D eigenvalue weighted by Gasteiger charge is 2.23. The van der Waals surface area contributed by atoms with Gasteiger partial charge in [-0.3, -0.25) is 9.36 Å². The highest BCUT2D eigenvalue weighted by atomic mass is 16.5. The van der Waals surface area contributed by atoms with E-state index in [-0.39, 0.29) is 6.04 Å². The summed E-state index contributed by atoms with van der Waals surface area (Å²) in [5, 5.41) is 12.1. The van der Waals surface area contributed by atoms with Gasteiger partial charge in [0, 0.05) is 25.4 Å². The first-order chi connectivity index (χ1) is 9.21. The lowest BCUT2D eigenvalue weighted by Crippen LogP contribution is -2.25. The zero-order valence-electron chi connectivity index (χ0n) is 11.9. The minimum absolute atomic E-state index is 0.0381. The molecule has 0 saturated heterocycles. The second kappa shape index (κ2) is 5.88. The number of aryl methyl sites for hydroxylation is 2. The molecule has 0 saturated carbocycles. The van der Waals surface area contributed by atoms with Gasteiger partial charge in [0.05, 0.1) is 25.5 Å². The molecule has 6 heteroatoms. The molecule has 2 heterocycles. The zero-order valence-corrected chi connectivity index (χ0v) is 11.9.